The van der Waals surface area contributed by atoms with Crippen LogP contribution in [0.3, 0.4) is 0 Å². The molecule has 2 aromatic rings. The van der Waals surface area contributed by atoms with Crippen molar-refractivity contribution < 1.29 is 23.1 Å². The third kappa shape index (κ3) is 5.19. The molecular formula is C18H13Br2F3O2. The van der Waals surface area contributed by atoms with Gasteiger partial charge in [-0.2, -0.15) is 13.2 Å². The highest BCUT2D eigenvalue weighted by molar-refractivity contribution is 9.11. The second kappa shape index (κ2) is 7.74. The third-order valence-corrected chi connectivity index (χ3v) is 4.47. The van der Waals surface area contributed by atoms with E-state index in [1.54, 1.807) is 19.1 Å². The summed E-state index contributed by atoms with van der Waals surface area (Å²) in [6.07, 6.45) is -2.03. The number of alkyl halides is 3. The van der Waals surface area contributed by atoms with Crippen LogP contribution in [-0.4, -0.2) is 17.3 Å². The summed E-state index contributed by atoms with van der Waals surface area (Å²) in [5.74, 6) is -2.85. The fourth-order valence-corrected chi connectivity index (χ4v) is 3.73. The van der Waals surface area contributed by atoms with Gasteiger partial charge in [-0.3, -0.25) is 0 Å². The highest BCUT2D eigenvalue weighted by Crippen LogP contribution is 2.38. The van der Waals surface area contributed by atoms with Gasteiger partial charge < -0.3 is 5.11 Å². The Morgan fingerprint density at radius 1 is 1.12 bits per heavy atom. The van der Waals surface area contributed by atoms with Crippen LogP contribution in [0.4, 0.5) is 13.2 Å². The molecule has 25 heavy (non-hydrogen) atoms. The Kier molecular flexibility index (Phi) is 6.11. The van der Waals surface area contributed by atoms with Crippen molar-refractivity contribution in [2.45, 2.75) is 19.0 Å². The SMILES string of the molecule is Cc1cc(C=CC(c2cc(Br)cc(Br)c2)C(F)(F)F)ccc1C(=O)O. The fraction of sp³-hybridized carbons (Fsp3) is 0.167. The number of halogens is 5. The molecule has 0 aliphatic heterocycles. The molecule has 1 atom stereocenters. The van der Waals surface area contributed by atoms with Gasteiger partial charge in [-0.05, 0) is 47.9 Å². The molecule has 2 rings (SSSR count). The monoisotopic (exact) mass is 476 g/mol. The number of hydrogen-bond donors (Lipinski definition) is 1. The lowest BCUT2D eigenvalue weighted by Gasteiger charge is -2.18. The summed E-state index contributed by atoms with van der Waals surface area (Å²) < 4.78 is 41.5. The standard InChI is InChI=1S/C18H13Br2F3O2/c1-10-6-11(2-4-15(10)17(24)25)3-5-16(18(21,22)23)12-7-13(19)9-14(20)8-12/h2-9,16H,1H3,(H,24,25). The van der Waals surface area contributed by atoms with E-state index in [0.29, 0.717) is 20.1 Å². The van der Waals surface area contributed by atoms with Crippen molar-refractivity contribution in [3.63, 3.8) is 0 Å². The minimum atomic E-state index is -4.45. The number of aryl methyl sites for hydroxylation is 1. The van der Waals surface area contributed by atoms with Gasteiger partial charge in [0.15, 0.2) is 0 Å². The average molecular weight is 478 g/mol. The van der Waals surface area contributed by atoms with E-state index in [2.05, 4.69) is 31.9 Å². The molecule has 0 bridgehead atoms. The first kappa shape index (κ1) is 19.7. The molecule has 2 nitrogen and oxygen atoms in total. The molecule has 0 aliphatic rings. The maximum atomic E-state index is 13.5. The maximum Gasteiger partial charge on any atom is 0.399 e. The number of rotatable bonds is 4. The number of carbonyl (C=O) groups is 1. The molecular weight excluding hydrogens is 465 g/mol. The number of benzene rings is 2. The summed E-state index contributed by atoms with van der Waals surface area (Å²) >= 11 is 6.40. The zero-order chi connectivity index (χ0) is 18.8. The van der Waals surface area contributed by atoms with Crippen molar-refractivity contribution in [2.75, 3.05) is 0 Å². The van der Waals surface area contributed by atoms with Crippen molar-refractivity contribution in [3.8, 4) is 0 Å². The van der Waals surface area contributed by atoms with Gasteiger partial charge in [0.25, 0.3) is 0 Å². The number of carboxylic acids is 1. The zero-order valence-corrected chi connectivity index (χ0v) is 16.1. The van der Waals surface area contributed by atoms with Gasteiger partial charge in [-0.15, -0.1) is 0 Å². The number of allylic oxidation sites excluding steroid dienone is 1. The molecule has 0 amide bonds. The van der Waals surface area contributed by atoms with Crippen LogP contribution in [0.2, 0.25) is 0 Å². The van der Waals surface area contributed by atoms with Crippen LogP contribution in [-0.2, 0) is 0 Å². The summed E-state index contributed by atoms with van der Waals surface area (Å²) in [7, 11) is 0. The molecule has 0 saturated carbocycles. The molecule has 0 aromatic heterocycles. The minimum absolute atomic E-state index is 0.101. The molecule has 1 unspecified atom stereocenters. The summed E-state index contributed by atoms with van der Waals surface area (Å²) in [6, 6.07) is 8.92. The van der Waals surface area contributed by atoms with Crippen LogP contribution in [0.25, 0.3) is 6.08 Å². The van der Waals surface area contributed by atoms with Crippen LogP contribution >= 0.6 is 31.9 Å². The summed E-state index contributed by atoms with van der Waals surface area (Å²) in [4.78, 5) is 11.0. The molecule has 0 heterocycles. The molecule has 0 aliphatic carbocycles. The molecule has 0 radical (unpaired) electrons. The van der Waals surface area contributed by atoms with Gasteiger partial charge in [-0.1, -0.05) is 56.1 Å². The molecule has 0 spiro atoms. The average Bonchev–Trinajstić information content (AvgIpc) is 2.44. The highest BCUT2D eigenvalue weighted by Gasteiger charge is 2.39. The van der Waals surface area contributed by atoms with E-state index in [0.717, 1.165) is 6.08 Å². The van der Waals surface area contributed by atoms with Crippen LogP contribution in [0.5, 0.6) is 0 Å². The summed E-state index contributed by atoms with van der Waals surface area (Å²) in [6.45, 7) is 1.60. The predicted molar refractivity (Wildman–Crippen MR) is 97.8 cm³/mol. The Hall–Kier alpha value is -1.60. The van der Waals surface area contributed by atoms with E-state index in [-0.39, 0.29) is 11.1 Å². The second-order valence-corrected chi connectivity index (χ2v) is 7.29. The van der Waals surface area contributed by atoms with Crippen molar-refractivity contribution in [2.24, 2.45) is 0 Å². The fourth-order valence-electron chi connectivity index (χ4n) is 2.40. The van der Waals surface area contributed by atoms with Gasteiger partial charge in [0.1, 0.15) is 0 Å². The lowest BCUT2D eigenvalue weighted by Crippen LogP contribution is -2.19. The van der Waals surface area contributed by atoms with Crippen LogP contribution in [0.15, 0.2) is 51.4 Å². The quantitative estimate of drug-likeness (QED) is 0.540. The predicted octanol–water partition coefficient (Wildman–Crippen LogP) is 6.58. The van der Waals surface area contributed by atoms with Gasteiger partial charge in [0.05, 0.1) is 11.5 Å². The van der Waals surface area contributed by atoms with E-state index < -0.39 is 18.1 Å². The summed E-state index contributed by atoms with van der Waals surface area (Å²) in [5.41, 5.74) is 1.22. The van der Waals surface area contributed by atoms with Crippen LogP contribution < -0.4 is 0 Å². The Labute approximate surface area is 159 Å². The molecule has 0 saturated heterocycles. The van der Waals surface area contributed by atoms with Crippen molar-refractivity contribution in [1.82, 2.24) is 0 Å². The van der Waals surface area contributed by atoms with Gasteiger partial charge in [0, 0.05) is 8.95 Å². The number of hydrogen-bond acceptors (Lipinski definition) is 1. The first-order valence-electron chi connectivity index (χ1n) is 7.13. The van der Waals surface area contributed by atoms with Crippen molar-refractivity contribution in [3.05, 3.63) is 73.7 Å². The van der Waals surface area contributed by atoms with E-state index in [1.165, 1.54) is 30.3 Å². The van der Waals surface area contributed by atoms with E-state index in [9.17, 15) is 18.0 Å². The maximum absolute atomic E-state index is 13.5. The Bertz CT molecular complexity index is 809. The van der Waals surface area contributed by atoms with E-state index >= 15 is 0 Å². The van der Waals surface area contributed by atoms with Crippen molar-refractivity contribution >= 4 is 43.9 Å². The number of carboxylic acid groups (broad SMARTS) is 1. The molecule has 1 N–H and O–H groups in total. The van der Waals surface area contributed by atoms with Crippen LogP contribution in [0, 0.1) is 6.92 Å². The molecule has 2 aromatic carbocycles. The second-order valence-electron chi connectivity index (χ2n) is 5.46. The lowest BCUT2D eigenvalue weighted by atomic mass is 9.96. The summed E-state index contributed by atoms with van der Waals surface area (Å²) in [5, 5.41) is 9.01. The van der Waals surface area contributed by atoms with Gasteiger partial charge in [-0.25, -0.2) is 4.79 Å². The van der Waals surface area contributed by atoms with Crippen LogP contribution in [0.1, 0.15) is 33.0 Å². The highest BCUT2D eigenvalue weighted by atomic mass is 79.9. The Balaban J connectivity index is 2.39. The topological polar surface area (TPSA) is 37.3 Å². The molecule has 0 fully saturated rings. The first-order valence-corrected chi connectivity index (χ1v) is 8.71. The van der Waals surface area contributed by atoms with E-state index in [4.69, 9.17) is 5.11 Å². The largest absolute Gasteiger partial charge is 0.478 e. The lowest BCUT2D eigenvalue weighted by molar-refractivity contribution is -0.139. The molecule has 132 valence electrons. The third-order valence-electron chi connectivity index (χ3n) is 3.56. The van der Waals surface area contributed by atoms with E-state index in [1.807, 2.05) is 0 Å². The normalized spacial score (nSPS) is 13.2. The zero-order valence-electron chi connectivity index (χ0n) is 12.9. The smallest absolute Gasteiger partial charge is 0.399 e. The van der Waals surface area contributed by atoms with Gasteiger partial charge in [0.2, 0.25) is 0 Å². The van der Waals surface area contributed by atoms with Crippen molar-refractivity contribution in [1.29, 1.82) is 0 Å². The number of aromatic carboxylic acids is 1. The molecule has 7 heteroatoms. The minimum Gasteiger partial charge on any atom is -0.478 e. The Morgan fingerprint density at radius 2 is 1.72 bits per heavy atom. The van der Waals surface area contributed by atoms with Gasteiger partial charge >= 0.3 is 12.1 Å². The Morgan fingerprint density at radius 3 is 2.20 bits per heavy atom. The first-order chi connectivity index (χ1) is 11.6.